The smallest absolute Gasteiger partial charge is 0.306 e. The normalized spacial score (nSPS) is 29.9. The Kier molecular flexibility index (Phi) is 3.73. The summed E-state index contributed by atoms with van der Waals surface area (Å²) in [4.78, 5) is 11.1. The van der Waals surface area contributed by atoms with Crippen LogP contribution in [0.15, 0.2) is 12.2 Å². The zero-order valence-corrected chi connectivity index (χ0v) is 9.49. The molecule has 2 nitrogen and oxygen atoms in total. The fraction of sp³-hybridized carbons (Fsp3) is 0.750. The average molecular weight is 196 g/mol. The van der Waals surface area contributed by atoms with Crippen LogP contribution in [0.25, 0.3) is 0 Å². The number of allylic oxidation sites excluding steroid dienone is 1. The van der Waals surface area contributed by atoms with E-state index in [4.69, 9.17) is 4.74 Å². The molecule has 0 N–H and O–H groups in total. The number of hydrogen-bond acceptors (Lipinski definition) is 2. The topological polar surface area (TPSA) is 26.3 Å². The van der Waals surface area contributed by atoms with Gasteiger partial charge in [-0.15, -0.1) is 0 Å². The van der Waals surface area contributed by atoms with Gasteiger partial charge in [0.1, 0.15) is 6.10 Å². The lowest BCUT2D eigenvalue weighted by Crippen LogP contribution is -2.21. The minimum absolute atomic E-state index is 0.0488. The molecule has 1 fully saturated rings. The van der Waals surface area contributed by atoms with Crippen LogP contribution in [0.3, 0.4) is 0 Å². The summed E-state index contributed by atoms with van der Waals surface area (Å²) < 4.78 is 5.28. The van der Waals surface area contributed by atoms with E-state index in [9.17, 15) is 4.79 Å². The molecule has 0 radical (unpaired) electrons. The molecule has 1 heterocycles. The Morgan fingerprint density at radius 2 is 2.00 bits per heavy atom. The minimum Gasteiger partial charge on any atom is -0.461 e. The van der Waals surface area contributed by atoms with Gasteiger partial charge in [0.15, 0.2) is 0 Å². The van der Waals surface area contributed by atoms with Crippen molar-refractivity contribution in [2.45, 2.75) is 40.2 Å². The summed E-state index contributed by atoms with van der Waals surface area (Å²) in [6.45, 7) is 8.48. The van der Waals surface area contributed by atoms with Crippen LogP contribution in [-0.2, 0) is 9.53 Å². The van der Waals surface area contributed by atoms with E-state index in [-0.39, 0.29) is 12.1 Å². The van der Waals surface area contributed by atoms with Gasteiger partial charge in [-0.25, -0.2) is 0 Å². The van der Waals surface area contributed by atoms with Gasteiger partial charge in [-0.05, 0) is 5.92 Å². The van der Waals surface area contributed by atoms with Crippen molar-refractivity contribution in [3.8, 4) is 0 Å². The maximum absolute atomic E-state index is 11.1. The predicted molar refractivity (Wildman–Crippen MR) is 56.8 cm³/mol. The molecule has 0 spiro atoms. The molecular formula is C12H20O2. The molecule has 3 atom stereocenters. The number of carbonyl (C=O) groups excluding carboxylic acids is 1. The third-order valence-electron chi connectivity index (χ3n) is 2.63. The molecular weight excluding hydrogens is 176 g/mol. The van der Waals surface area contributed by atoms with Crippen molar-refractivity contribution in [2.24, 2.45) is 17.8 Å². The summed E-state index contributed by atoms with van der Waals surface area (Å²) in [6.07, 6.45) is 4.98. The molecule has 1 aliphatic rings. The summed E-state index contributed by atoms with van der Waals surface area (Å²) in [5.74, 6) is 1.20. The predicted octanol–water partition coefficient (Wildman–Crippen LogP) is 2.79. The maximum atomic E-state index is 11.1. The van der Waals surface area contributed by atoms with Crippen LogP contribution < -0.4 is 0 Å². The fourth-order valence-corrected chi connectivity index (χ4v) is 1.83. The summed E-state index contributed by atoms with van der Waals surface area (Å²) in [7, 11) is 0. The van der Waals surface area contributed by atoms with E-state index in [2.05, 4.69) is 39.8 Å². The highest BCUT2D eigenvalue weighted by atomic mass is 16.6. The van der Waals surface area contributed by atoms with Crippen molar-refractivity contribution in [3.63, 3.8) is 0 Å². The Hall–Kier alpha value is -0.790. The molecule has 0 bridgehead atoms. The lowest BCUT2D eigenvalue weighted by atomic mass is 9.92. The number of carbonyl (C=O) groups is 1. The van der Waals surface area contributed by atoms with E-state index < -0.39 is 0 Å². The molecule has 0 aliphatic carbocycles. The van der Waals surface area contributed by atoms with Gasteiger partial charge in [0.05, 0.1) is 6.42 Å². The van der Waals surface area contributed by atoms with Crippen LogP contribution in [0, 0.1) is 17.8 Å². The molecule has 0 aromatic rings. The van der Waals surface area contributed by atoms with Gasteiger partial charge >= 0.3 is 5.97 Å². The Balaban J connectivity index is 2.52. The van der Waals surface area contributed by atoms with Crippen LogP contribution in [0.2, 0.25) is 0 Å². The quantitative estimate of drug-likeness (QED) is 0.512. The standard InChI is InChI=1S/C12H20O2/c1-8(2)5-6-9(3)12-10(4)7-11(13)14-12/h5-6,8-10,12H,7H2,1-4H3/b6-5+/t9-,10+,12?/m0/s1. The van der Waals surface area contributed by atoms with E-state index in [1.54, 1.807) is 0 Å². The lowest BCUT2D eigenvalue weighted by Gasteiger charge is -2.18. The van der Waals surface area contributed by atoms with Gasteiger partial charge in [0, 0.05) is 11.8 Å². The second-order valence-corrected chi connectivity index (χ2v) is 4.62. The SMILES string of the molecule is CC(C)/C=C/[C@H](C)C1OC(=O)C[C@H]1C. The van der Waals surface area contributed by atoms with Gasteiger partial charge in [0.25, 0.3) is 0 Å². The van der Waals surface area contributed by atoms with E-state index in [0.717, 1.165) is 0 Å². The molecule has 0 saturated carbocycles. The largest absolute Gasteiger partial charge is 0.461 e. The zero-order chi connectivity index (χ0) is 10.7. The van der Waals surface area contributed by atoms with Crippen LogP contribution >= 0.6 is 0 Å². The fourth-order valence-electron chi connectivity index (χ4n) is 1.83. The average Bonchev–Trinajstić information content (AvgIpc) is 2.41. The molecule has 0 aromatic heterocycles. The van der Waals surface area contributed by atoms with Gasteiger partial charge in [-0.1, -0.05) is 39.8 Å². The van der Waals surface area contributed by atoms with Crippen molar-refractivity contribution >= 4 is 5.97 Å². The van der Waals surface area contributed by atoms with Gasteiger partial charge < -0.3 is 4.74 Å². The molecule has 1 saturated heterocycles. The van der Waals surface area contributed by atoms with Crippen molar-refractivity contribution in [2.75, 3.05) is 0 Å². The highest BCUT2D eigenvalue weighted by Crippen LogP contribution is 2.28. The van der Waals surface area contributed by atoms with Crippen LogP contribution in [0.4, 0.5) is 0 Å². The van der Waals surface area contributed by atoms with Crippen LogP contribution in [0.5, 0.6) is 0 Å². The number of rotatable bonds is 3. The third-order valence-corrected chi connectivity index (χ3v) is 2.63. The molecule has 1 aliphatic heterocycles. The maximum Gasteiger partial charge on any atom is 0.306 e. The monoisotopic (exact) mass is 196 g/mol. The first-order valence-electron chi connectivity index (χ1n) is 5.38. The molecule has 0 amide bonds. The van der Waals surface area contributed by atoms with E-state index >= 15 is 0 Å². The first-order valence-corrected chi connectivity index (χ1v) is 5.38. The first kappa shape index (κ1) is 11.3. The number of hydrogen-bond donors (Lipinski definition) is 0. The summed E-state index contributed by atoms with van der Waals surface area (Å²) in [5.41, 5.74) is 0. The van der Waals surface area contributed by atoms with Crippen molar-refractivity contribution in [3.05, 3.63) is 12.2 Å². The van der Waals surface area contributed by atoms with Crippen molar-refractivity contribution < 1.29 is 9.53 Å². The molecule has 1 unspecified atom stereocenters. The van der Waals surface area contributed by atoms with Crippen molar-refractivity contribution in [1.82, 2.24) is 0 Å². The minimum atomic E-state index is -0.0488. The Morgan fingerprint density at radius 1 is 1.36 bits per heavy atom. The highest BCUT2D eigenvalue weighted by Gasteiger charge is 2.34. The van der Waals surface area contributed by atoms with Gasteiger partial charge in [-0.3, -0.25) is 4.79 Å². The van der Waals surface area contributed by atoms with Crippen molar-refractivity contribution in [1.29, 1.82) is 0 Å². The summed E-state index contributed by atoms with van der Waals surface area (Å²) in [5, 5.41) is 0. The number of cyclic esters (lactones) is 1. The van der Waals surface area contributed by atoms with E-state index in [1.165, 1.54) is 0 Å². The van der Waals surface area contributed by atoms with E-state index in [0.29, 0.717) is 24.2 Å². The van der Waals surface area contributed by atoms with Crippen LogP contribution in [-0.4, -0.2) is 12.1 Å². The summed E-state index contributed by atoms with van der Waals surface area (Å²) in [6, 6.07) is 0. The van der Waals surface area contributed by atoms with Crippen LogP contribution in [0.1, 0.15) is 34.1 Å². The second kappa shape index (κ2) is 4.63. The number of ether oxygens (including phenoxy) is 1. The highest BCUT2D eigenvalue weighted by molar-refractivity contribution is 5.72. The number of esters is 1. The zero-order valence-electron chi connectivity index (χ0n) is 9.49. The third kappa shape index (κ3) is 2.86. The second-order valence-electron chi connectivity index (χ2n) is 4.62. The molecule has 14 heavy (non-hydrogen) atoms. The first-order chi connectivity index (χ1) is 6.50. The molecule has 1 rings (SSSR count). The molecule has 2 heteroatoms. The van der Waals surface area contributed by atoms with E-state index in [1.807, 2.05) is 0 Å². The Bertz CT molecular complexity index is 230. The summed E-state index contributed by atoms with van der Waals surface area (Å²) >= 11 is 0. The Labute approximate surface area is 86.3 Å². The van der Waals surface area contributed by atoms with Gasteiger partial charge in [-0.2, -0.15) is 0 Å². The van der Waals surface area contributed by atoms with Gasteiger partial charge in [0.2, 0.25) is 0 Å². The molecule has 0 aromatic carbocycles. The molecule has 80 valence electrons. The Morgan fingerprint density at radius 3 is 2.43 bits per heavy atom. The lowest BCUT2D eigenvalue weighted by molar-refractivity contribution is -0.142.